The maximum absolute atomic E-state index is 12.0. The molecule has 2 aromatic rings. The summed E-state index contributed by atoms with van der Waals surface area (Å²) >= 11 is 0. The van der Waals surface area contributed by atoms with E-state index in [2.05, 4.69) is 0 Å². The summed E-state index contributed by atoms with van der Waals surface area (Å²) in [5.74, 6) is -1.13. The Balaban J connectivity index is 1.96. The molecular weight excluding hydrogens is 324 g/mol. The Morgan fingerprint density at radius 3 is 2.50 bits per heavy atom. The lowest BCUT2D eigenvalue weighted by molar-refractivity contribution is -0.278. The summed E-state index contributed by atoms with van der Waals surface area (Å²) in [6.07, 6.45) is -7.76. The normalized spacial score (nSPS) is 30.4. The minimum atomic E-state index is -1.71. The zero-order valence-corrected chi connectivity index (χ0v) is 12.3. The number of hydrogen-bond acceptors (Lipinski definition) is 9. The van der Waals surface area contributed by atoms with Crippen LogP contribution in [0.25, 0.3) is 11.0 Å². The number of aliphatic hydroxyl groups excluding tert-OH is 4. The Bertz CT molecular complexity index is 784. The van der Waals surface area contributed by atoms with Crippen LogP contribution in [0.1, 0.15) is 0 Å². The molecule has 1 aromatic carbocycles. The van der Waals surface area contributed by atoms with E-state index in [0.29, 0.717) is 0 Å². The van der Waals surface area contributed by atoms with Crippen molar-refractivity contribution in [2.24, 2.45) is 0 Å². The Hall–Kier alpha value is -2.17. The van der Waals surface area contributed by atoms with Crippen molar-refractivity contribution >= 4 is 11.0 Å². The van der Waals surface area contributed by atoms with Gasteiger partial charge in [0, 0.05) is 0 Å². The number of aliphatic hydroxyl groups is 4. The van der Waals surface area contributed by atoms with Crippen molar-refractivity contribution in [1.82, 2.24) is 0 Å². The highest BCUT2D eigenvalue weighted by Gasteiger charge is 2.45. The molecule has 2 heterocycles. The van der Waals surface area contributed by atoms with Gasteiger partial charge in [0.1, 0.15) is 30.0 Å². The van der Waals surface area contributed by atoms with E-state index in [1.165, 1.54) is 12.1 Å². The number of benzene rings is 1. The molecule has 0 saturated carbocycles. The molecular formula is C15H16O9. The van der Waals surface area contributed by atoms with Gasteiger partial charge >= 0.3 is 5.63 Å². The first kappa shape index (κ1) is 16.7. The first-order valence-electron chi connectivity index (χ1n) is 7.16. The van der Waals surface area contributed by atoms with Crippen LogP contribution in [0, 0.1) is 0 Å². The maximum atomic E-state index is 12.0. The van der Waals surface area contributed by atoms with Crippen LogP contribution < -0.4 is 10.4 Å². The third-order valence-electron chi connectivity index (χ3n) is 3.83. The van der Waals surface area contributed by atoms with Crippen LogP contribution in [-0.2, 0) is 4.74 Å². The van der Waals surface area contributed by atoms with Crippen molar-refractivity contribution in [2.75, 3.05) is 6.61 Å². The van der Waals surface area contributed by atoms with Crippen LogP contribution in [0.5, 0.6) is 11.5 Å². The third-order valence-corrected chi connectivity index (χ3v) is 3.83. The van der Waals surface area contributed by atoms with Crippen LogP contribution in [0.15, 0.2) is 33.5 Å². The summed E-state index contributed by atoms with van der Waals surface area (Å²) in [6, 6.07) is 6.20. The average molecular weight is 340 g/mol. The second-order valence-corrected chi connectivity index (χ2v) is 5.38. The fourth-order valence-electron chi connectivity index (χ4n) is 2.50. The zero-order valence-electron chi connectivity index (χ0n) is 12.3. The number of para-hydroxylation sites is 1. The van der Waals surface area contributed by atoms with Crippen LogP contribution >= 0.6 is 0 Å². The average Bonchev–Trinajstić information content (AvgIpc) is 2.58. The molecule has 0 amide bonds. The van der Waals surface area contributed by atoms with Gasteiger partial charge in [-0.1, -0.05) is 12.1 Å². The van der Waals surface area contributed by atoms with Crippen molar-refractivity contribution in [1.29, 1.82) is 0 Å². The minimum Gasteiger partial charge on any atom is -0.504 e. The van der Waals surface area contributed by atoms with Gasteiger partial charge in [-0.2, -0.15) is 0 Å². The quantitative estimate of drug-likeness (QED) is 0.429. The number of hydrogen-bond donors (Lipinski definition) is 5. The van der Waals surface area contributed by atoms with E-state index in [0.717, 1.165) is 0 Å². The topological polar surface area (TPSA) is 150 Å². The molecule has 24 heavy (non-hydrogen) atoms. The molecule has 0 aliphatic carbocycles. The van der Waals surface area contributed by atoms with Crippen molar-refractivity contribution in [3.05, 3.63) is 34.7 Å². The highest BCUT2D eigenvalue weighted by atomic mass is 16.7. The molecule has 9 heteroatoms. The lowest BCUT2D eigenvalue weighted by Gasteiger charge is -2.39. The maximum Gasteiger partial charge on any atom is 0.383 e. The van der Waals surface area contributed by atoms with Crippen molar-refractivity contribution in [3.63, 3.8) is 0 Å². The van der Waals surface area contributed by atoms with Crippen LogP contribution in [-0.4, -0.2) is 62.8 Å². The van der Waals surface area contributed by atoms with Crippen molar-refractivity contribution < 1.29 is 39.4 Å². The molecule has 1 aromatic heterocycles. The van der Waals surface area contributed by atoms with E-state index >= 15 is 0 Å². The minimum absolute atomic E-state index is 0.140. The van der Waals surface area contributed by atoms with Gasteiger partial charge in [-0.25, -0.2) is 4.79 Å². The van der Waals surface area contributed by atoms with Gasteiger partial charge in [-0.3, -0.25) is 0 Å². The predicted octanol–water partition coefficient (Wildman–Crippen LogP) is -1.32. The van der Waals surface area contributed by atoms with Gasteiger partial charge in [0.2, 0.25) is 6.29 Å². The van der Waals surface area contributed by atoms with Gasteiger partial charge in [0.25, 0.3) is 5.75 Å². The molecule has 9 nitrogen and oxygen atoms in total. The molecule has 0 spiro atoms. The SMILES string of the molecule is O=c1oc2ccccc2c(O)c1OC1O[C@H](CO)[C@@H](O)[C@H](O)[C@H]1O. The van der Waals surface area contributed by atoms with E-state index in [4.69, 9.17) is 19.0 Å². The summed E-state index contributed by atoms with van der Waals surface area (Å²) in [7, 11) is 0. The molecule has 5 atom stereocenters. The molecule has 3 rings (SSSR count). The zero-order chi connectivity index (χ0) is 17.4. The molecule has 1 unspecified atom stereocenters. The summed E-state index contributed by atoms with van der Waals surface area (Å²) < 4.78 is 15.3. The smallest absolute Gasteiger partial charge is 0.383 e. The number of ether oxygens (including phenoxy) is 2. The molecule has 0 bridgehead atoms. The number of rotatable bonds is 3. The van der Waals surface area contributed by atoms with E-state index in [1.54, 1.807) is 12.1 Å². The van der Waals surface area contributed by atoms with Gasteiger partial charge in [0.05, 0.1) is 12.0 Å². The molecule has 1 saturated heterocycles. The van der Waals surface area contributed by atoms with Crippen molar-refractivity contribution in [2.45, 2.75) is 30.7 Å². The van der Waals surface area contributed by atoms with Crippen LogP contribution in [0.2, 0.25) is 0 Å². The van der Waals surface area contributed by atoms with E-state index in [1.807, 2.05) is 0 Å². The molecule has 5 N–H and O–H groups in total. The highest BCUT2D eigenvalue weighted by molar-refractivity contribution is 5.85. The van der Waals surface area contributed by atoms with Gasteiger partial charge in [-0.05, 0) is 12.1 Å². The molecule has 130 valence electrons. The Labute approximate surface area is 134 Å². The molecule has 1 aliphatic heterocycles. The molecule has 1 fully saturated rings. The monoisotopic (exact) mass is 340 g/mol. The second kappa shape index (κ2) is 6.38. The summed E-state index contributed by atoms with van der Waals surface area (Å²) in [5.41, 5.74) is -0.871. The standard InChI is InChI=1S/C15H16O9/c16-5-8-10(18)11(19)12(20)15(23-8)24-13-9(17)6-3-1-2-4-7(6)22-14(13)21/h1-4,8,10-12,15-20H,5H2/t8-,10-,11+,12-,15?/m1/s1. The van der Waals surface area contributed by atoms with Crippen LogP contribution in [0.4, 0.5) is 0 Å². The van der Waals surface area contributed by atoms with E-state index < -0.39 is 54.4 Å². The lowest BCUT2D eigenvalue weighted by atomic mass is 9.99. The van der Waals surface area contributed by atoms with Gasteiger partial charge in [0.15, 0.2) is 5.75 Å². The fraction of sp³-hybridized carbons (Fsp3) is 0.400. The fourth-order valence-corrected chi connectivity index (χ4v) is 2.50. The van der Waals surface area contributed by atoms with Gasteiger partial charge < -0.3 is 39.4 Å². The second-order valence-electron chi connectivity index (χ2n) is 5.38. The first-order valence-corrected chi connectivity index (χ1v) is 7.16. The largest absolute Gasteiger partial charge is 0.504 e. The number of aromatic hydroxyl groups is 1. The third kappa shape index (κ3) is 2.72. The van der Waals surface area contributed by atoms with Gasteiger partial charge in [-0.15, -0.1) is 0 Å². The summed E-state index contributed by atoms with van der Waals surface area (Å²) in [5, 5.41) is 48.9. The number of fused-ring (bicyclic) bond motifs is 1. The Morgan fingerprint density at radius 2 is 1.79 bits per heavy atom. The van der Waals surface area contributed by atoms with E-state index in [9.17, 15) is 25.2 Å². The van der Waals surface area contributed by atoms with Crippen molar-refractivity contribution in [3.8, 4) is 11.5 Å². The Morgan fingerprint density at radius 1 is 1.08 bits per heavy atom. The molecule has 1 aliphatic rings. The van der Waals surface area contributed by atoms with Crippen LogP contribution in [0.3, 0.4) is 0 Å². The first-order chi connectivity index (χ1) is 11.4. The lowest BCUT2D eigenvalue weighted by Crippen LogP contribution is -2.60. The summed E-state index contributed by atoms with van der Waals surface area (Å²) in [6.45, 7) is -0.650. The predicted molar refractivity (Wildman–Crippen MR) is 78.5 cm³/mol. The Kier molecular flexibility index (Phi) is 4.43. The molecule has 0 radical (unpaired) electrons. The summed E-state index contributed by atoms with van der Waals surface area (Å²) in [4.78, 5) is 12.0. The highest BCUT2D eigenvalue weighted by Crippen LogP contribution is 2.33. The van der Waals surface area contributed by atoms with E-state index in [-0.39, 0.29) is 11.0 Å².